The summed E-state index contributed by atoms with van der Waals surface area (Å²) in [6.07, 6.45) is 0.835. The van der Waals surface area contributed by atoms with Crippen LogP contribution in [0.15, 0.2) is 72.8 Å². The summed E-state index contributed by atoms with van der Waals surface area (Å²) in [4.78, 5) is 17.4. The Morgan fingerprint density at radius 3 is 2.48 bits per heavy atom. The number of carboxylic acids is 1. The molecule has 154 valence electrons. The van der Waals surface area contributed by atoms with Crippen LogP contribution in [-0.2, 0) is 17.8 Å². The van der Waals surface area contributed by atoms with Gasteiger partial charge in [0.05, 0.1) is 10.2 Å². The van der Waals surface area contributed by atoms with Crippen LogP contribution in [0.3, 0.4) is 0 Å². The fraction of sp³-hybridized carbons (Fsp3) is 0.120. The van der Waals surface area contributed by atoms with Crippen molar-refractivity contribution in [2.75, 3.05) is 11.4 Å². The number of hydrogen-bond acceptors (Lipinski definition) is 4. The van der Waals surface area contributed by atoms with Crippen molar-refractivity contribution >= 4 is 32.7 Å². The van der Waals surface area contributed by atoms with E-state index in [1.54, 1.807) is 18.2 Å². The van der Waals surface area contributed by atoms with Gasteiger partial charge in [-0.05, 0) is 41.8 Å². The molecule has 3 aromatic carbocycles. The molecule has 0 aliphatic carbocycles. The summed E-state index contributed by atoms with van der Waals surface area (Å²) in [6, 6.07) is 22.6. The molecule has 0 unspecified atom stereocenters. The summed E-state index contributed by atoms with van der Waals surface area (Å²) < 4.78 is 14.8. The number of carboxylic acid groups (broad SMARTS) is 1. The Morgan fingerprint density at radius 1 is 1.00 bits per heavy atom. The molecule has 0 bridgehead atoms. The molecule has 1 N–H and O–H groups in total. The average molecular weight is 431 g/mol. The zero-order valence-electron chi connectivity index (χ0n) is 16.6. The van der Waals surface area contributed by atoms with Gasteiger partial charge in [-0.25, -0.2) is 14.2 Å². The topological polar surface area (TPSA) is 53.4 Å². The summed E-state index contributed by atoms with van der Waals surface area (Å²) in [5.41, 5.74) is 3.56. The smallest absolute Gasteiger partial charge is 0.382 e. The third-order valence-corrected chi connectivity index (χ3v) is 5.92. The number of benzene rings is 3. The first-order valence-electron chi connectivity index (χ1n) is 9.76. The van der Waals surface area contributed by atoms with Gasteiger partial charge in [-0.3, -0.25) is 0 Å². The number of hydrogen-bond donors (Lipinski definition) is 1. The van der Waals surface area contributed by atoms with E-state index in [-0.39, 0.29) is 5.82 Å². The maximum absolute atomic E-state index is 14.2. The number of fused-ring (bicyclic) bond motifs is 1. The average Bonchev–Trinajstić information content (AvgIpc) is 3.22. The molecule has 0 aliphatic rings. The molecule has 6 heteroatoms. The molecule has 0 radical (unpaired) electrons. The van der Waals surface area contributed by atoms with E-state index in [1.165, 1.54) is 23.0 Å². The van der Waals surface area contributed by atoms with Crippen molar-refractivity contribution in [1.29, 1.82) is 0 Å². The number of rotatable bonds is 6. The van der Waals surface area contributed by atoms with Crippen molar-refractivity contribution in [3.8, 4) is 11.8 Å². The lowest BCUT2D eigenvalue weighted by Crippen LogP contribution is -2.25. The second-order valence-corrected chi connectivity index (χ2v) is 7.97. The van der Waals surface area contributed by atoms with E-state index < -0.39 is 5.97 Å². The van der Waals surface area contributed by atoms with Crippen molar-refractivity contribution < 1.29 is 14.3 Å². The van der Waals surface area contributed by atoms with Crippen LogP contribution in [0.4, 0.5) is 9.52 Å². The van der Waals surface area contributed by atoms with Crippen molar-refractivity contribution in [3.05, 3.63) is 95.3 Å². The van der Waals surface area contributed by atoms with Crippen LogP contribution >= 0.6 is 11.3 Å². The number of nitrogens with zero attached hydrogens (tertiary/aromatic N) is 2. The summed E-state index contributed by atoms with van der Waals surface area (Å²) in [5, 5.41) is 9.46. The number of thiazole rings is 1. The maximum Gasteiger partial charge on any atom is 0.382 e. The Hall–Kier alpha value is -3.69. The monoisotopic (exact) mass is 430 g/mol. The highest BCUT2D eigenvalue weighted by Crippen LogP contribution is 2.31. The van der Waals surface area contributed by atoms with Gasteiger partial charge in [0.2, 0.25) is 0 Å². The van der Waals surface area contributed by atoms with Gasteiger partial charge in [0, 0.05) is 24.6 Å². The molecule has 0 spiro atoms. The molecule has 0 amide bonds. The molecule has 4 aromatic rings. The van der Waals surface area contributed by atoms with Crippen LogP contribution in [0.1, 0.15) is 16.7 Å². The molecule has 0 atom stereocenters. The minimum atomic E-state index is -1.15. The van der Waals surface area contributed by atoms with Gasteiger partial charge in [-0.15, -0.1) is 0 Å². The second-order valence-electron chi connectivity index (χ2n) is 6.99. The van der Waals surface area contributed by atoms with Crippen LogP contribution in [0, 0.1) is 17.7 Å². The van der Waals surface area contributed by atoms with Crippen LogP contribution < -0.4 is 4.90 Å². The van der Waals surface area contributed by atoms with Gasteiger partial charge in [-0.2, -0.15) is 0 Å². The van der Waals surface area contributed by atoms with Gasteiger partial charge >= 0.3 is 5.97 Å². The van der Waals surface area contributed by atoms with Gasteiger partial charge in [0.25, 0.3) is 0 Å². The number of aromatic nitrogens is 1. The van der Waals surface area contributed by atoms with Gasteiger partial charge < -0.3 is 10.0 Å². The molecule has 0 aliphatic heterocycles. The van der Waals surface area contributed by atoms with E-state index in [1.807, 2.05) is 36.4 Å². The van der Waals surface area contributed by atoms with E-state index in [0.717, 1.165) is 23.7 Å². The molecule has 0 fully saturated rings. The number of aliphatic carboxylic acids is 1. The first-order chi connectivity index (χ1) is 15.1. The molecule has 1 heterocycles. The summed E-state index contributed by atoms with van der Waals surface area (Å²) in [6.45, 7) is 1.33. The number of anilines is 1. The van der Waals surface area contributed by atoms with Crippen LogP contribution in [0.2, 0.25) is 0 Å². The second kappa shape index (κ2) is 9.41. The summed E-state index contributed by atoms with van der Waals surface area (Å²) in [5.74, 6) is 3.32. The minimum Gasteiger partial charge on any atom is -0.472 e. The fourth-order valence-electron chi connectivity index (χ4n) is 3.23. The first-order valence-corrected chi connectivity index (χ1v) is 10.6. The molecule has 31 heavy (non-hydrogen) atoms. The molecule has 4 rings (SSSR count). The van der Waals surface area contributed by atoms with Crippen LogP contribution in [0.5, 0.6) is 0 Å². The molecule has 0 saturated heterocycles. The maximum atomic E-state index is 14.2. The molecule has 4 nitrogen and oxygen atoms in total. The SMILES string of the molecule is O=C(O)C#Cc1ccc(CN(CCc2ccccc2)c2nc3cccc(F)c3s2)cc1. The highest BCUT2D eigenvalue weighted by molar-refractivity contribution is 7.22. The first kappa shape index (κ1) is 20.6. The van der Waals surface area contributed by atoms with E-state index in [2.05, 4.69) is 33.9 Å². The zero-order valence-corrected chi connectivity index (χ0v) is 17.4. The highest BCUT2D eigenvalue weighted by atomic mass is 32.1. The highest BCUT2D eigenvalue weighted by Gasteiger charge is 2.15. The van der Waals surface area contributed by atoms with Gasteiger partial charge in [0.15, 0.2) is 5.13 Å². The Balaban J connectivity index is 1.59. The zero-order chi connectivity index (χ0) is 21.6. The van der Waals surface area contributed by atoms with E-state index in [9.17, 15) is 9.18 Å². The Kier molecular flexibility index (Phi) is 6.25. The fourth-order valence-corrected chi connectivity index (χ4v) is 4.22. The van der Waals surface area contributed by atoms with Crippen molar-refractivity contribution in [2.24, 2.45) is 0 Å². The van der Waals surface area contributed by atoms with Crippen molar-refractivity contribution in [3.63, 3.8) is 0 Å². The molecular weight excluding hydrogens is 411 g/mol. The van der Waals surface area contributed by atoms with E-state index in [4.69, 9.17) is 5.11 Å². The number of carbonyl (C=O) groups is 1. The third kappa shape index (κ3) is 5.27. The standard InChI is InChI=1S/C25H19FN2O2S/c26-21-7-4-8-22-24(21)31-25(27-22)28(16-15-18-5-2-1-3-6-18)17-20-11-9-19(10-12-20)13-14-23(29)30/h1-12H,15-17H2,(H,29,30). The van der Waals surface area contributed by atoms with E-state index >= 15 is 0 Å². The molecule has 0 saturated carbocycles. The van der Waals surface area contributed by atoms with E-state index in [0.29, 0.717) is 22.3 Å². The van der Waals surface area contributed by atoms with Crippen LogP contribution in [0.25, 0.3) is 10.2 Å². The van der Waals surface area contributed by atoms with Crippen molar-refractivity contribution in [2.45, 2.75) is 13.0 Å². The molecular formula is C25H19FN2O2S. The van der Waals surface area contributed by atoms with Gasteiger partial charge in [0.1, 0.15) is 5.82 Å². The summed E-state index contributed by atoms with van der Waals surface area (Å²) >= 11 is 1.35. The lowest BCUT2D eigenvalue weighted by molar-refractivity contribution is -0.130. The van der Waals surface area contributed by atoms with Gasteiger partial charge in [-0.1, -0.05) is 65.8 Å². The van der Waals surface area contributed by atoms with Crippen LogP contribution in [-0.4, -0.2) is 22.6 Å². The van der Waals surface area contributed by atoms with Crippen molar-refractivity contribution in [1.82, 2.24) is 4.98 Å². The quantitative estimate of drug-likeness (QED) is 0.432. The lowest BCUT2D eigenvalue weighted by atomic mass is 10.1. The summed E-state index contributed by atoms with van der Waals surface area (Å²) in [7, 11) is 0. The third-order valence-electron chi connectivity index (χ3n) is 4.78. The Bertz CT molecular complexity index is 1260. The Morgan fingerprint density at radius 2 is 1.77 bits per heavy atom. The molecule has 1 aromatic heterocycles. The Labute approximate surface area is 183 Å². The predicted molar refractivity (Wildman–Crippen MR) is 122 cm³/mol. The number of halogens is 1. The lowest BCUT2D eigenvalue weighted by Gasteiger charge is -2.22. The normalized spacial score (nSPS) is 10.5. The predicted octanol–water partition coefficient (Wildman–Crippen LogP) is 5.12. The minimum absolute atomic E-state index is 0.259. The largest absolute Gasteiger partial charge is 0.472 e.